The normalized spacial score (nSPS) is 10.6. The summed E-state index contributed by atoms with van der Waals surface area (Å²) in [5.74, 6) is -0.420. The minimum Gasteiger partial charge on any atom is -0.382 e. The number of benzene rings is 2. The van der Waals surface area contributed by atoms with E-state index in [2.05, 4.69) is 5.32 Å². The van der Waals surface area contributed by atoms with Crippen LogP contribution in [0.15, 0.2) is 60.7 Å². The zero-order chi connectivity index (χ0) is 15.1. The lowest BCUT2D eigenvalue weighted by Crippen LogP contribution is -2.22. The maximum absolute atomic E-state index is 11.5. The van der Waals surface area contributed by atoms with E-state index in [1.165, 1.54) is 7.05 Å². The Balaban J connectivity index is 1.88. The van der Waals surface area contributed by atoms with Gasteiger partial charge in [-0.2, -0.15) is 0 Å². The van der Waals surface area contributed by atoms with Crippen LogP contribution < -0.4 is 5.32 Å². The van der Waals surface area contributed by atoms with Gasteiger partial charge in [0.2, 0.25) is 0 Å². The Morgan fingerprint density at radius 2 is 1.81 bits per heavy atom. The second-order valence-corrected chi connectivity index (χ2v) is 4.60. The first-order valence-corrected chi connectivity index (χ1v) is 6.69. The van der Waals surface area contributed by atoms with Crippen LogP contribution in [0.2, 0.25) is 0 Å². The van der Waals surface area contributed by atoms with Crippen molar-refractivity contribution in [2.45, 2.75) is 0 Å². The van der Waals surface area contributed by atoms with E-state index in [1.807, 2.05) is 54.6 Å². The van der Waals surface area contributed by atoms with Gasteiger partial charge in [0.1, 0.15) is 0 Å². The van der Waals surface area contributed by atoms with E-state index in [0.29, 0.717) is 10.6 Å². The predicted molar refractivity (Wildman–Crippen MR) is 84.3 cm³/mol. The van der Waals surface area contributed by atoms with Crippen LogP contribution in [0.1, 0.15) is 15.9 Å². The molecule has 2 rings (SSSR count). The molecule has 0 saturated carbocycles. The quantitative estimate of drug-likeness (QED) is 0.653. The third-order valence-corrected chi connectivity index (χ3v) is 2.96. The molecule has 4 nitrogen and oxygen atoms in total. The van der Waals surface area contributed by atoms with Gasteiger partial charge in [0, 0.05) is 24.8 Å². The Bertz CT molecular complexity index is 604. The average Bonchev–Trinajstić information content (AvgIpc) is 2.52. The van der Waals surface area contributed by atoms with Gasteiger partial charge in [-0.15, -0.1) is 0 Å². The molecule has 0 aromatic heterocycles. The second-order valence-electron chi connectivity index (χ2n) is 4.60. The molecule has 0 aliphatic rings. The van der Waals surface area contributed by atoms with Gasteiger partial charge in [0.15, 0.2) is 0 Å². The third kappa shape index (κ3) is 4.47. The summed E-state index contributed by atoms with van der Waals surface area (Å²) >= 11 is 0. The van der Waals surface area contributed by atoms with E-state index in [1.54, 1.807) is 12.1 Å². The molecule has 0 saturated heterocycles. The zero-order valence-corrected chi connectivity index (χ0v) is 11.9. The Labute approximate surface area is 124 Å². The van der Waals surface area contributed by atoms with E-state index < -0.39 is 5.91 Å². The molecule has 1 amide bonds. The van der Waals surface area contributed by atoms with Gasteiger partial charge in [-0.3, -0.25) is 10.0 Å². The summed E-state index contributed by atoms with van der Waals surface area (Å²) in [7, 11) is 1.31. The molecule has 0 fully saturated rings. The van der Waals surface area contributed by atoms with Crippen molar-refractivity contribution in [1.82, 2.24) is 5.06 Å². The monoisotopic (exact) mass is 282 g/mol. The fourth-order valence-electron chi connectivity index (χ4n) is 1.85. The molecular weight excluding hydrogens is 264 g/mol. The number of amides is 1. The minimum absolute atomic E-state index is 0.420. The van der Waals surface area contributed by atoms with Crippen LogP contribution in [-0.2, 0) is 0 Å². The maximum atomic E-state index is 11.5. The number of rotatable bonds is 5. The van der Waals surface area contributed by atoms with Gasteiger partial charge in [0.25, 0.3) is 5.91 Å². The van der Waals surface area contributed by atoms with Gasteiger partial charge in [0.05, 0.1) is 0 Å². The van der Waals surface area contributed by atoms with Crippen molar-refractivity contribution < 1.29 is 10.0 Å². The number of anilines is 1. The van der Waals surface area contributed by atoms with Crippen LogP contribution in [0.3, 0.4) is 0 Å². The summed E-state index contributed by atoms with van der Waals surface area (Å²) in [6.07, 6.45) is 3.99. The topological polar surface area (TPSA) is 52.6 Å². The van der Waals surface area contributed by atoms with E-state index in [-0.39, 0.29) is 0 Å². The summed E-state index contributed by atoms with van der Waals surface area (Å²) in [5, 5.41) is 12.9. The lowest BCUT2D eigenvalue weighted by atomic mass is 10.1. The van der Waals surface area contributed by atoms with Crippen LogP contribution in [0.25, 0.3) is 6.08 Å². The predicted octanol–water partition coefficient (Wildman–Crippen LogP) is 3.27. The molecule has 21 heavy (non-hydrogen) atoms. The molecule has 0 bridgehead atoms. The number of nitrogens with one attached hydrogen (secondary N) is 1. The highest BCUT2D eigenvalue weighted by molar-refractivity contribution is 5.93. The summed E-state index contributed by atoms with van der Waals surface area (Å²) in [5.41, 5.74) is 2.54. The smallest absolute Gasteiger partial charge is 0.276 e. The molecule has 0 atom stereocenters. The zero-order valence-electron chi connectivity index (χ0n) is 11.9. The highest BCUT2D eigenvalue weighted by atomic mass is 16.5. The lowest BCUT2D eigenvalue weighted by Gasteiger charge is -2.07. The first-order valence-electron chi connectivity index (χ1n) is 6.69. The number of para-hydroxylation sites is 1. The highest BCUT2D eigenvalue weighted by Gasteiger charge is 2.07. The van der Waals surface area contributed by atoms with Crippen LogP contribution in [-0.4, -0.2) is 29.8 Å². The van der Waals surface area contributed by atoms with Gasteiger partial charge < -0.3 is 5.32 Å². The van der Waals surface area contributed by atoms with E-state index in [4.69, 9.17) is 5.21 Å². The fraction of sp³-hybridized carbons (Fsp3) is 0.118. The first kappa shape index (κ1) is 14.8. The van der Waals surface area contributed by atoms with Crippen LogP contribution in [0, 0.1) is 0 Å². The molecule has 2 aromatic rings. The van der Waals surface area contributed by atoms with Crippen molar-refractivity contribution in [3.05, 3.63) is 71.8 Å². The minimum atomic E-state index is -0.420. The summed E-state index contributed by atoms with van der Waals surface area (Å²) < 4.78 is 0. The molecule has 2 N–H and O–H groups in total. The number of carbonyl (C=O) groups excluding carboxylic acids is 1. The molecule has 0 radical (unpaired) electrons. The number of hydrogen-bond donors (Lipinski definition) is 2. The van der Waals surface area contributed by atoms with Gasteiger partial charge in [-0.25, -0.2) is 5.06 Å². The van der Waals surface area contributed by atoms with Gasteiger partial charge in [-0.05, 0) is 29.8 Å². The maximum Gasteiger partial charge on any atom is 0.276 e. The lowest BCUT2D eigenvalue weighted by molar-refractivity contribution is -0.0374. The largest absolute Gasteiger partial charge is 0.382 e. The van der Waals surface area contributed by atoms with Crippen molar-refractivity contribution in [1.29, 1.82) is 0 Å². The van der Waals surface area contributed by atoms with Crippen molar-refractivity contribution in [2.75, 3.05) is 18.9 Å². The summed E-state index contributed by atoms with van der Waals surface area (Å²) in [6.45, 7) is 0.726. The number of hydroxylamine groups is 2. The molecule has 0 aliphatic heterocycles. The van der Waals surface area contributed by atoms with E-state index in [9.17, 15) is 4.79 Å². The molecule has 0 unspecified atom stereocenters. The van der Waals surface area contributed by atoms with Gasteiger partial charge in [-0.1, -0.05) is 42.5 Å². The molecule has 108 valence electrons. The Hall–Kier alpha value is -2.59. The number of carbonyl (C=O) groups is 1. The van der Waals surface area contributed by atoms with E-state index >= 15 is 0 Å². The van der Waals surface area contributed by atoms with Crippen LogP contribution in [0.4, 0.5) is 5.69 Å². The Morgan fingerprint density at radius 1 is 1.14 bits per heavy atom. The Kier molecular flexibility index (Phi) is 5.12. The Morgan fingerprint density at radius 3 is 2.43 bits per heavy atom. The second kappa shape index (κ2) is 7.26. The van der Waals surface area contributed by atoms with Gasteiger partial charge >= 0.3 is 0 Å². The molecular formula is C17H18N2O2. The standard InChI is InChI=1S/C17H18N2O2/c1-19(21)17(20)15-11-9-14(10-12-15)6-5-13-18-16-7-3-2-4-8-16/h2-12,18,21H,13H2,1H3. The van der Waals surface area contributed by atoms with Crippen molar-refractivity contribution in [3.8, 4) is 0 Å². The van der Waals surface area contributed by atoms with Crippen LogP contribution >= 0.6 is 0 Å². The van der Waals surface area contributed by atoms with Crippen LogP contribution in [0.5, 0.6) is 0 Å². The number of nitrogens with zero attached hydrogens (tertiary/aromatic N) is 1. The van der Waals surface area contributed by atoms with E-state index in [0.717, 1.165) is 17.8 Å². The fourth-order valence-corrected chi connectivity index (χ4v) is 1.85. The molecule has 4 heteroatoms. The molecule has 0 heterocycles. The first-order chi connectivity index (χ1) is 10.2. The van der Waals surface area contributed by atoms with Crippen molar-refractivity contribution >= 4 is 17.7 Å². The average molecular weight is 282 g/mol. The summed E-state index contributed by atoms with van der Waals surface area (Å²) in [4.78, 5) is 11.5. The summed E-state index contributed by atoms with van der Waals surface area (Å²) in [6, 6.07) is 17.1. The molecule has 2 aromatic carbocycles. The third-order valence-electron chi connectivity index (χ3n) is 2.96. The van der Waals surface area contributed by atoms with Crippen molar-refractivity contribution in [2.24, 2.45) is 0 Å². The molecule has 0 aliphatic carbocycles. The number of hydrogen-bond acceptors (Lipinski definition) is 3. The SMILES string of the molecule is CN(O)C(=O)c1ccc(C=CCNc2ccccc2)cc1. The van der Waals surface area contributed by atoms with Crippen molar-refractivity contribution in [3.63, 3.8) is 0 Å². The highest BCUT2D eigenvalue weighted by Crippen LogP contribution is 2.08. The molecule has 0 spiro atoms.